The lowest BCUT2D eigenvalue weighted by atomic mass is 10.1. The molecule has 1 aromatic rings. The Bertz CT molecular complexity index is 417. The summed E-state index contributed by atoms with van der Waals surface area (Å²) in [7, 11) is 0. The van der Waals surface area contributed by atoms with Crippen LogP contribution in [0.25, 0.3) is 0 Å². The smallest absolute Gasteiger partial charge is 0.106 e. The van der Waals surface area contributed by atoms with Crippen molar-refractivity contribution in [1.29, 1.82) is 0 Å². The number of rotatable bonds is 4. The average Bonchev–Trinajstić information content (AvgIpc) is 2.80. The fraction of sp³-hybridized carbons (Fsp3) is 0.417. The summed E-state index contributed by atoms with van der Waals surface area (Å²) in [6.45, 7) is 1.00. The molecular formula is C12H15BrN2S2. The summed E-state index contributed by atoms with van der Waals surface area (Å²) in [5.74, 6) is 3.31. The predicted molar refractivity (Wildman–Crippen MR) is 84.0 cm³/mol. The highest BCUT2D eigenvalue weighted by atomic mass is 79.9. The molecule has 0 bridgehead atoms. The van der Waals surface area contributed by atoms with Crippen LogP contribution in [0.2, 0.25) is 0 Å². The van der Waals surface area contributed by atoms with Gasteiger partial charge in [-0.1, -0.05) is 28.1 Å². The second-order valence-electron chi connectivity index (χ2n) is 4.16. The van der Waals surface area contributed by atoms with Crippen molar-refractivity contribution in [2.75, 3.05) is 23.4 Å². The lowest BCUT2D eigenvalue weighted by molar-refractivity contribution is 0.632. The van der Waals surface area contributed by atoms with E-state index >= 15 is 0 Å². The van der Waals surface area contributed by atoms with Crippen LogP contribution in [0.3, 0.4) is 0 Å². The third-order valence-corrected chi connectivity index (χ3v) is 4.80. The van der Waals surface area contributed by atoms with Gasteiger partial charge in [0.05, 0.1) is 0 Å². The Kier molecular flexibility index (Phi) is 4.70. The Morgan fingerprint density at radius 3 is 3.06 bits per heavy atom. The van der Waals surface area contributed by atoms with Crippen molar-refractivity contribution in [3.8, 4) is 0 Å². The molecule has 1 aromatic carbocycles. The van der Waals surface area contributed by atoms with E-state index in [0.29, 0.717) is 4.99 Å². The molecule has 1 heterocycles. The van der Waals surface area contributed by atoms with Crippen molar-refractivity contribution in [3.63, 3.8) is 0 Å². The number of thiocarbonyl (C=S) groups is 1. The molecule has 1 unspecified atom stereocenters. The van der Waals surface area contributed by atoms with Crippen molar-refractivity contribution in [1.82, 2.24) is 0 Å². The van der Waals surface area contributed by atoms with Crippen LogP contribution in [0.15, 0.2) is 22.7 Å². The van der Waals surface area contributed by atoms with Crippen LogP contribution in [0.1, 0.15) is 12.0 Å². The molecule has 5 heteroatoms. The van der Waals surface area contributed by atoms with Crippen molar-refractivity contribution in [2.45, 2.75) is 6.42 Å². The van der Waals surface area contributed by atoms with Crippen LogP contribution in [-0.4, -0.2) is 23.0 Å². The molecule has 1 aliphatic heterocycles. The molecule has 17 heavy (non-hydrogen) atoms. The molecule has 1 atom stereocenters. The molecular weight excluding hydrogens is 316 g/mol. The number of nitrogens with one attached hydrogen (secondary N) is 1. The number of hydrogen-bond acceptors (Lipinski definition) is 3. The standard InChI is InChI=1S/C12H15BrN2S2/c13-9-1-2-11(10(5-9)12(14)16)15-6-8-3-4-17-7-8/h1-2,5,8,15H,3-4,6-7H2,(H2,14,16). The zero-order valence-corrected chi connectivity index (χ0v) is 12.6. The van der Waals surface area contributed by atoms with Crippen LogP contribution >= 0.6 is 39.9 Å². The third kappa shape index (κ3) is 3.60. The maximum Gasteiger partial charge on any atom is 0.106 e. The Morgan fingerprint density at radius 2 is 2.41 bits per heavy atom. The monoisotopic (exact) mass is 330 g/mol. The van der Waals surface area contributed by atoms with Gasteiger partial charge in [-0.05, 0) is 42.0 Å². The lowest BCUT2D eigenvalue weighted by Crippen LogP contribution is -2.17. The Balaban J connectivity index is 2.06. The van der Waals surface area contributed by atoms with Gasteiger partial charge in [-0.15, -0.1) is 0 Å². The fourth-order valence-corrected chi connectivity index (χ4v) is 3.69. The van der Waals surface area contributed by atoms with Crippen LogP contribution in [0.4, 0.5) is 5.69 Å². The first-order valence-corrected chi connectivity index (χ1v) is 7.93. The number of halogens is 1. The Morgan fingerprint density at radius 1 is 1.59 bits per heavy atom. The van der Waals surface area contributed by atoms with Crippen LogP contribution in [-0.2, 0) is 0 Å². The quantitative estimate of drug-likeness (QED) is 0.831. The van der Waals surface area contributed by atoms with Crippen LogP contribution < -0.4 is 11.1 Å². The second kappa shape index (κ2) is 6.07. The first kappa shape index (κ1) is 13.2. The molecule has 0 aliphatic carbocycles. The Hall–Kier alpha value is -0.260. The highest BCUT2D eigenvalue weighted by molar-refractivity contribution is 9.10. The maximum atomic E-state index is 5.73. The van der Waals surface area contributed by atoms with Gasteiger partial charge in [0.2, 0.25) is 0 Å². The van der Waals surface area contributed by atoms with Crippen molar-refractivity contribution in [2.24, 2.45) is 11.7 Å². The first-order valence-electron chi connectivity index (χ1n) is 5.58. The van der Waals surface area contributed by atoms with Gasteiger partial charge in [-0.2, -0.15) is 11.8 Å². The third-order valence-electron chi connectivity index (χ3n) is 2.85. The van der Waals surface area contributed by atoms with E-state index in [2.05, 4.69) is 21.2 Å². The minimum atomic E-state index is 0.439. The lowest BCUT2D eigenvalue weighted by Gasteiger charge is -2.14. The summed E-state index contributed by atoms with van der Waals surface area (Å²) in [6.07, 6.45) is 1.30. The summed E-state index contributed by atoms with van der Waals surface area (Å²) in [4.78, 5) is 0.439. The molecule has 0 saturated carbocycles. The van der Waals surface area contributed by atoms with E-state index in [0.717, 1.165) is 28.2 Å². The van der Waals surface area contributed by atoms with E-state index in [-0.39, 0.29) is 0 Å². The van der Waals surface area contributed by atoms with Gasteiger partial charge < -0.3 is 11.1 Å². The van der Waals surface area contributed by atoms with Crippen molar-refractivity contribution in [3.05, 3.63) is 28.2 Å². The number of nitrogens with two attached hydrogens (primary N) is 1. The number of thioether (sulfide) groups is 1. The minimum absolute atomic E-state index is 0.439. The van der Waals surface area contributed by atoms with Gasteiger partial charge in [0, 0.05) is 22.3 Å². The van der Waals surface area contributed by atoms with Gasteiger partial charge in [-0.3, -0.25) is 0 Å². The van der Waals surface area contributed by atoms with E-state index in [4.69, 9.17) is 18.0 Å². The van der Waals surface area contributed by atoms with E-state index < -0.39 is 0 Å². The second-order valence-corrected chi connectivity index (χ2v) is 6.67. The maximum absolute atomic E-state index is 5.73. The molecule has 1 aliphatic rings. The van der Waals surface area contributed by atoms with Gasteiger partial charge >= 0.3 is 0 Å². The number of benzene rings is 1. The summed E-state index contributed by atoms with van der Waals surface area (Å²) in [6, 6.07) is 6.00. The largest absolute Gasteiger partial charge is 0.389 e. The minimum Gasteiger partial charge on any atom is -0.389 e. The van der Waals surface area contributed by atoms with E-state index in [1.54, 1.807) is 0 Å². The molecule has 3 N–H and O–H groups in total. The predicted octanol–water partition coefficient (Wildman–Crippen LogP) is 3.25. The fourth-order valence-electron chi connectivity index (χ4n) is 1.87. The SMILES string of the molecule is NC(=S)c1cc(Br)ccc1NCC1CCSC1. The van der Waals surface area contributed by atoms with Gasteiger partial charge in [0.25, 0.3) is 0 Å². The topological polar surface area (TPSA) is 38.0 Å². The molecule has 0 spiro atoms. The van der Waals surface area contributed by atoms with Crippen molar-refractivity contribution >= 4 is 50.6 Å². The zero-order chi connectivity index (χ0) is 12.3. The molecule has 1 fully saturated rings. The van der Waals surface area contributed by atoms with E-state index in [9.17, 15) is 0 Å². The van der Waals surface area contributed by atoms with Crippen LogP contribution in [0, 0.1) is 5.92 Å². The molecule has 92 valence electrons. The summed E-state index contributed by atoms with van der Waals surface area (Å²) >= 11 is 10.5. The first-order chi connectivity index (χ1) is 8.16. The van der Waals surface area contributed by atoms with Crippen LogP contribution in [0.5, 0.6) is 0 Å². The average molecular weight is 331 g/mol. The zero-order valence-electron chi connectivity index (χ0n) is 9.41. The van der Waals surface area contributed by atoms with Crippen molar-refractivity contribution < 1.29 is 0 Å². The highest BCUT2D eigenvalue weighted by Gasteiger charge is 2.15. The highest BCUT2D eigenvalue weighted by Crippen LogP contribution is 2.25. The molecule has 2 nitrogen and oxygen atoms in total. The van der Waals surface area contributed by atoms with Gasteiger partial charge in [0.1, 0.15) is 4.99 Å². The normalized spacial score (nSPS) is 19.2. The molecule has 0 radical (unpaired) electrons. The van der Waals surface area contributed by atoms with Gasteiger partial charge in [0.15, 0.2) is 0 Å². The van der Waals surface area contributed by atoms with Gasteiger partial charge in [-0.25, -0.2) is 0 Å². The summed E-state index contributed by atoms with van der Waals surface area (Å²) in [5.41, 5.74) is 7.69. The summed E-state index contributed by atoms with van der Waals surface area (Å²) in [5, 5.41) is 3.46. The van der Waals surface area contributed by atoms with E-state index in [1.165, 1.54) is 17.9 Å². The molecule has 0 amide bonds. The Labute approximate surface area is 120 Å². The molecule has 0 aromatic heterocycles. The number of hydrogen-bond donors (Lipinski definition) is 2. The molecule has 2 rings (SSSR count). The van der Waals surface area contributed by atoms with E-state index in [1.807, 2.05) is 30.0 Å². The number of anilines is 1. The molecule has 1 saturated heterocycles. The summed E-state index contributed by atoms with van der Waals surface area (Å²) < 4.78 is 1.00.